The topological polar surface area (TPSA) is 3.24 Å². The van der Waals surface area contributed by atoms with Crippen LogP contribution in [0.3, 0.4) is 0 Å². The Balaban J connectivity index is 1.63. The highest BCUT2D eigenvalue weighted by Gasteiger charge is 2.42. The summed E-state index contributed by atoms with van der Waals surface area (Å²) in [4.78, 5) is 2.57. The SMILES string of the molecule is CN1C[C@@H](P(c2ccccc2)c2ccccc2)[C@H](P(c2ccccc2)c2ccccc2)C1. The third-order valence-corrected chi connectivity index (χ3v) is 12.3. The van der Waals surface area contributed by atoms with E-state index in [1.807, 2.05) is 0 Å². The fraction of sp³-hybridized carbons (Fsp3) is 0.172. The van der Waals surface area contributed by atoms with Crippen LogP contribution in [0.4, 0.5) is 0 Å². The number of hydrogen-bond donors (Lipinski definition) is 0. The Kier molecular flexibility index (Phi) is 6.80. The van der Waals surface area contributed by atoms with Gasteiger partial charge in [0.25, 0.3) is 0 Å². The van der Waals surface area contributed by atoms with Crippen LogP contribution in [0.25, 0.3) is 0 Å². The number of likely N-dealkylation sites (tertiary alicyclic amines) is 1. The fourth-order valence-corrected chi connectivity index (χ4v) is 11.5. The smallest absolute Gasteiger partial charge is 0.00847 e. The van der Waals surface area contributed by atoms with Gasteiger partial charge in [-0.3, -0.25) is 0 Å². The van der Waals surface area contributed by atoms with Crippen LogP contribution in [0.2, 0.25) is 0 Å². The molecule has 0 saturated carbocycles. The predicted octanol–water partition coefficient (Wildman–Crippen LogP) is 4.93. The first-order valence-corrected chi connectivity index (χ1v) is 14.1. The summed E-state index contributed by atoms with van der Waals surface area (Å²) in [6.45, 7) is 2.30. The van der Waals surface area contributed by atoms with Gasteiger partial charge in [-0.2, -0.15) is 0 Å². The van der Waals surface area contributed by atoms with Crippen molar-refractivity contribution in [1.29, 1.82) is 0 Å². The number of hydrogen-bond acceptors (Lipinski definition) is 1. The first-order valence-electron chi connectivity index (χ1n) is 11.3. The van der Waals surface area contributed by atoms with Crippen LogP contribution >= 0.6 is 15.8 Å². The Labute approximate surface area is 194 Å². The number of rotatable bonds is 6. The molecule has 0 unspecified atom stereocenters. The lowest BCUT2D eigenvalue weighted by atomic mass is 10.3. The van der Waals surface area contributed by atoms with Gasteiger partial charge in [0.15, 0.2) is 0 Å². The molecule has 0 N–H and O–H groups in total. The Hall–Kier alpha value is -2.30. The zero-order valence-electron chi connectivity index (χ0n) is 18.5. The summed E-state index contributed by atoms with van der Waals surface area (Å²) in [6.07, 6.45) is 0. The monoisotopic (exact) mass is 453 g/mol. The molecule has 1 aliphatic rings. The van der Waals surface area contributed by atoms with E-state index in [2.05, 4.69) is 133 Å². The summed E-state index contributed by atoms with van der Waals surface area (Å²) >= 11 is 0. The molecule has 2 atom stereocenters. The van der Waals surface area contributed by atoms with E-state index in [0.29, 0.717) is 11.3 Å². The van der Waals surface area contributed by atoms with Crippen LogP contribution in [-0.4, -0.2) is 36.4 Å². The first kappa shape index (κ1) is 21.5. The van der Waals surface area contributed by atoms with E-state index < -0.39 is 15.8 Å². The zero-order chi connectivity index (χ0) is 21.8. The molecule has 1 aliphatic heterocycles. The summed E-state index contributed by atoms with van der Waals surface area (Å²) < 4.78 is 0. The molecule has 1 heterocycles. The molecule has 0 spiro atoms. The van der Waals surface area contributed by atoms with Crippen molar-refractivity contribution in [3.05, 3.63) is 121 Å². The molecule has 1 saturated heterocycles. The lowest BCUT2D eigenvalue weighted by Gasteiger charge is -2.34. The van der Waals surface area contributed by atoms with Crippen molar-refractivity contribution >= 4 is 37.1 Å². The van der Waals surface area contributed by atoms with Crippen molar-refractivity contribution in [3.8, 4) is 0 Å². The molecule has 4 aromatic rings. The molecular formula is C29H29NP2. The van der Waals surface area contributed by atoms with Crippen molar-refractivity contribution in [1.82, 2.24) is 4.90 Å². The molecule has 5 rings (SSSR count). The van der Waals surface area contributed by atoms with Crippen molar-refractivity contribution in [2.75, 3.05) is 20.1 Å². The van der Waals surface area contributed by atoms with E-state index in [4.69, 9.17) is 0 Å². The normalized spacial score (nSPS) is 19.0. The van der Waals surface area contributed by atoms with E-state index >= 15 is 0 Å². The third kappa shape index (κ3) is 4.57. The minimum atomic E-state index is -0.457. The van der Waals surface area contributed by atoms with Crippen LogP contribution in [0.1, 0.15) is 0 Å². The zero-order valence-corrected chi connectivity index (χ0v) is 20.2. The second-order valence-electron chi connectivity index (χ2n) is 8.44. The van der Waals surface area contributed by atoms with E-state index in [9.17, 15) is 0 Å². The summed E-state index contributed by atoms with van der Waals surface area (Å²) in [7, 11) is 1.39. The molecule has 3 heteroatoms. The second kappa shape index (κ2) is 10.1. The Bertz CT molecular complexity index is 933. The van der Waals surface area contributed by atoms with Crippen LogP contribution in [0.5, 0.6) is 0 Å². The van der Waals surface area contributed by atoms with E-state index in [1.165, 1.54) is 21.2 Å². The van der Waals surface area contributed by atoms with Crippen molar-refractivity contribution in [2.24, 2.45) is 0 Å². The van der Waals surface area contributed by atoms with Crippen LogP contribution in [0, 0.1) is 0 Å². The maximum absolute atomic E-state index is 2.57. The van der Waals surface area contributed by atoms with Gasteiger partial charge in [0.2, 0.25) is 0 Å². The largest absolute Gasteiger partial charge is 0.305 e. The van der Waals surface area contributed by atoms with Gasteiger partial charge < -0.3 is 4.90 Å². The molecule has 0 amide bonds. The maximum Gasteiger partial charge on any atom is 0.00847 e. The summed E-state index contributed by atoms with van der Waals surface area (Å²) in [6, 6.07) is 45.0. The highest BCUT2D eigenvalue weighted by molar-refractivity contribution is 7.77. The van der Waals surface area contributed by atoms with Gasteiger partial charge >= 0.3 is 0 Å². The lowest BCUT2D eigenvalue weighted by Crippen LogP contribution is -2.34. The van der Waals surface area contributed by atoms with Crippen LogP contribution in [-0.2, 0) is 0 Å². The van der Waals surface area contributed by atoms with Gasteiger partial charge in [0, 0.05) is 24.4 Å². The average molecular weight is 454 g/mol. The molecule has 0 bridgehead atoms. The van der Waals surface area contributed by atoms with Gasteiger partial charge in [-0.1, -0.05) is 121 Å². The Morgan fingerprint density at radius 2 is 0.719 bits per heavy atom. The maximum atomic E-state index is 2.57. The molecule has 1 nitrogen and oxygen atoms in total. The van der Waals surface area contributed by atoms with E-state index in [1.54, 1.807) is 0 Å². The minimum Gasteiger partial charge on any atom is -0.305 e. The van der Waals surface area contributed by atoms with Crippen LogP contribution in [0.15, 0.2) is 121 Å². The quantitative estimate of drug-likeness (QED) is 0.374. The first-order chi connectivity index (χ1) is 15.8. The highest BCUT2D eigenvalue weighted by Crippen LogP contribution is 2.54. The van der Waals surface area contributed by atoms with Gasteiger partial charge in [-0.25, -0.2) is 0 Å². The van der Waals surface area contributed by atoms with Gasteiger partial charge in [-0.15, -0.1) is 0 Å². The van der Waals surface area contributed by atoms with Gasteiger partial charge in [0.1, 0.15) is 0 Å². The second-order valence-corrected chi connectivity index (χ2v) is 13.3. The summed E-state index contributed by atoms with van der Waals surface area (Å²) in [5, 5.41) is 5.98. The molecular weight excluding hydrogens is 424 g/mol. The van der Waals surface area contributed by atoms with E-state index in [-0.39, 0.29) is 0 Å². The van der Waals surface area contributed by atoms with Crippen molar-refractivity contribution in [3.63, 3.8) is 0 Å². The molecule has 0 radical (unpaired) electrons. The lowest BCUT2D eigenvalue weighted by molar-refractivity contribution is 0.419. The summed E-state index contributed by atoms with van der Waals surface area (Å²) in [5.74, 6) is 0. The molecule has 160 valence electrons. The minimum absolute atomic E-state index is 0.457. The third-order valence-electron chi connectivity index (χ3n) is 6.24. The van der Waals surface area contributed by atoms with Crippen LogP contribution < -0.4 is 21.2 Å². The predicted molar refractivity (Wildman–Crippen MR) is 143 cm³/mol. The molecule has 0 aromatic heterocycles. The van der Waals surface area contributed by atoms with E-state index in [0.717, 1.165) is 13.1 Å². The van der Waals surface area contributed by atoms with Crippen molar-refractivity contribution < 1.29 is 0 Å². The fourth-order valence-electron chi connectivity index (χ4n) is 4.88. The summed E-state index contributed by atoms with van der Waals surface area (Å²) in [5.41, 5.74) is 1.23. The number of benzene rings is 4. The standard InChI is InChI=1S/C29H29NP2/c1-30-22-28(31(24-14-6-2-7-15-24)25-16-8-3-9-17-25)29(23-30)32(26-18-10-4-11-19-26)27-20-12-5-13-21-27/h2-21,28-29H,22-23H2,1H3/t28-,29-/m1/s1. The number of nitrogens with zero attached hydrogens (tertiary/aromatic N) is 1. The van der Waals surface area contributed by atoms with Crippen molar-refractivity contribution in [2.45, 2.75) is 11.3 Å². The molecule has 0 aliphatic carbocycles. The molecule has 1 fully saturated rings. The molecule has 32 heavy (non-hydrogen) atoms. The Morgan fingerprint density at radius 1 is 0.469 bits per heavy atom. The van der Waals surface area contributed by atoms with Gasteiger partial charge in [-0.05, 0) is 44.1 Å². The highest BCUT2D eigenvalue weighted by atomic mass is 31.1. The van der Waals surface area contributed by atoms with Gasteiger partial charge in [0.05, 0.1) is 0 Å². The average Bonchev–Trinajstić information content (AvgIpc) is 3.22. The Morgan fingerprint density at radius 3 is 0.969 bits per heavy atom. The molecule has 4 aromatic carbocycles.